The molecule has 0 aliphatic carbocycles. The summed E-state index contributed by atoms with van der Waals surface area (Å²) in [7, 11) is 0. The van der Waals surface area contributed by atoms with Crippen LogP contribution in [-0.2, 0) is 4.74 Å². The average Bonchev–Trinajstić information content (AvgIpc) is 3.41. The fourth-order valence-electron chi connectivity index (χ4n) is 3.36. The van der Waals surface area contributed by atoms with Gasteiger partial charge >= 0.3 is 0 Å². The molecule has 1 aromatic heterocycles. The van der Waals surface area contributed by atoms with Crippen LogP contribution in [0.2, 0.25) is 0 Å². The summed E-state index contributed by atoms with van der Waals surface area (Å²) in [4.78, 5) is 4.59. The van der Waals surface area contributed by atoms with Crippen LogP contribution >= 0.6 is 12.2 Å². The number of hydrogen-bond donors (Lipinski definition) is 3. The van der Waals surface area contributed by atoms with Crippen LogP contribution in [0.25, 0.3) is 10.9 Å². The fraction of sp³-hybridized carbons (Fsp3) is 0.450. The molecule has 0 bridgehead atoms. The molecule has 152 valence electrons. The van der Waals surface area contributed by atoms with E-state index in [9.17, 15) is 5.26 Å². The lowest BCUT2D eigenvalue weighted by Gasteiger charge is -2.14. The topological polar surface area (TPSA) is 100 Å². The van der Waals surface area contributed by atoms with Crippen LogP contribution in [0.5, 0.6) is 11.5 Å². The standard InChI is InChI=1S/C20H23N5O3S/c21-10-14-7-13-8-17-18(28-12-27-17)9-16(13)25-19(14)22-4-2-5-23-20(29)24-11-15-3-1-6-26-15/h7-9,15H,1-6,11-12H2,(H,22,25)(H2,23,24,29)/t15-/m1/s1. The van der Waals surface area contributed by atoms with Gasteiger partial charge < -0.3 is 30.2 Å². The van der Waals surface area contributed by atoms with Crippen molar-refractivity contribution in [2.45, 2.75) is 25.4 Å². The van der Waals surface area contributed by atoms with Crippen LogP contribution in [0.3, 0.4) is 0 Å². The summed E-state index contributed by atoms with van der Waals surface area (Å²) in [5.41, 5.74) is 1.26. The number of anilines is 1. The highest BCUT2D eigenvalue weighted by Gasteiger charge is 2.17. The monoisotopic (exact) mass is 413 g/mol. The summed E-state index contributed by atoms with van der Waals surface area (Å²) in [5.74, 6) is 1.92. The number of pyridine rings is 1. The Kier molecular flexibility index (Phi) is 6.12. The van der Waals surface area contributed by atoms with Gasteiger partial charge in [-0.1, -0.05) is 0 Å². The van der Waals surface area contributed by atoms with Gasteiger partial charge in [0.05, 0.1) is 17.2 Å². The van der Waals surface area contributed by atoms with Gasteiger partial charge in [0.2, 0.25) is 6.79 Å². The zero-order chi connectivity index (χ0) is 20.1. The number of nitriles is 1. The van der Waals surface area contributed by atoms with E-state index in [4.69, 9.17) is 26.4 Å². The van der Waals surface area contributed by atoms with Crippen LogP contribution in [-0.4, -0.2) is 49.2 Å². The van der Waals surface area contributed by atoms with E-state index in [0.717, 1.165) is 49.9 Å². The third-order valence-electron chi connectivity index (χ3n) is 4.88. The molecular weight excluding hydrogens is 390 g/mol. The molecular formula is C20H23N5O3S. The van der Waals surface area contributed by atoms with Crippen molar-refractivity contribution in [2.75, 3.05) is 38.4 Å². The van der Waals surface area contributed by atoms with Crippen LogP contribution in [0.4, 0.5) is 5.82 Å². The van der Waals surface area contributed by atoms with Crippen molar-refractivity contribution in [2.24, 2.45) is 0 Å². The van der Waals surface area contributed by atoms with Gasteiger partial charge in [-0.15, -0.1) is 0 Å². The number of nitrogens with one attached hydrogen (secondary N) is 3. The van der Waals surface area contributed by atoms with Crippen LogP contribution in [0, 0.1) is 11.3 Å². The molecule has 3 N–H and O–H groups in total. The number of benzene rings is 1. The Bertz CT molecular complexity index is 940. The van der Waals surface area contributed by atoms with Crippen molar-refractivity contribution in [1.29, 1.82) is 5.26 Å². The Morgan fingerprint density at radius 2 is 2.07 bits per heavy atom. The van der Waals surface area contributed by atoms with E-state index in [0.29, 0.717) is 34.5 Å². The number of hydrogen-bond acceptors (Lipinski definition) is 7. The summed E-state index contributed by atoms with van der Waals surface area (Å²) in [6.45, 7) is 3.18. The molecule has 2 aliphatic rings. The van der Waals surface area contributed by atoms with E-state index in [1.54, 1.807) is 0 Å². The number of rotatable bonds is 7. The van der Waals surface area contributed by atoms with Crippen molar-refractivity contribution in [3.05, 3.63) is 23.8 Å². The Balaban J connectivity index is 1.26. The van der Waals surface area contributed by atoms with E-state index in [1.807, 2.05) is 18.2 Å². The second kappa shape index (κ2) is 9.11. The quantitative estimate of drug-likeness (QED) is 0.466. The van der Waals surface area contributed by atoms with Crippen molar-refractivity contribution in [3.63, 3.8) is 0 Å². The lowest BCUT2D eigenvalue weighted by atomic mass is 10.1. The maximum Gasteiger partial charge on any atom is 0.231 e. The van der Waals surface area contributed by atoms with Gasteiger partial charge in [-0.3, -0.25) is 0 Å². The molecule has 1 saturated heterocycles. The molecule has 0 unspecified atom stereocenters. The zero-order valence-corrected chi connectivity index (χ0v) is 16.8. The number of thiocarbonyl (C=S) groups is 1. The second-order valence-electron chi connectivity index (χ2n) is 6.95. The summed E-state index contributed by atoms with van der Waals surface area (Å²) >= 11 is 5.29. The Morgan fingerprint density at radius 1 is 1.21 bits per heavy atom. The Labute approximate surface area is 174 Å². The average molecular weight is 414 g/mol. The van der Waals surface area contributed by atoms with Crippen molar-refractivity contribution >= 4 is 34.1 Å². The molecule has 3 heterocycles. The lowest BCUT2D eigenvalue weighted by molar-refractivity contribution is 0.114. The predicted octanol–water partition coefficient (Wildman–Crippen LogP) is 2.28. The number of aromatic nitrogens is 1. The first-order valence-corrected chi connectivity index (χ1v) is 10.2. The minimum atomic E-state index is 0.208. The smallest absolute Gasteiger partial charge is 0.231 e. The fourth-order valence-corrected chi connectivity index (χ4v) is 3.54. The molecule has 0 spiro atoms. The molecule has 2 aromatic rings. The summed E-state index contributed by atoms with van der Waals surface area (Å²) in [6, 6.07) is 7.71. The van der Waals surface area contributed by atoms with Crippen molar-refractivity contribution < 1.29 is 14.2 Å². The summed E-state index contributed by atoms with van der Waals surface area (Å²) in [5, 5.41) is 20.6. The highest BCUT2D eigenvalue weighted by Crippen LogP contribution is 2.36. The first kappa shape index (κ1) is 19.5. The number of ether oxygens (including phenoxy) is 3. The molecule has 29 heavy (non-hydrogen) atoms. The van der Waals surface area contributed by atoms with Gasteiger partial charge in [-0.05, 0) is 43.6 Å². The van der Waals surface area contributed by atoms with Crippen molar-refractivity contribution in [1.82, 2.24) is 15.6 Å². The number of fused-ring (bicyclic) bond motifs is 2. The van der Waals surface area contributed by atoms with E-state index in [-0.39, 0.29) is 12.9 Å². The first-order chi connectivity index (χ1) is 14.2. The summed E-state index contributed by atoms with van der Waals surface area (Å²) in [6.07, 6.45) is 3.29. The van der Waals surface area contributed by atoms with Gasteiger partial charge in [0.1, 0.15) is 11.9 Å². The summed E-state index contributed by atoms with van der Waals surface area (Å²) < 4.78 is 16.4. The predicted molar refractivity (Wildman–Crippen MR) is 113 cm³/mol. The van der Waals surface area contributed by atoms with Gasteiger partial charge in [0.15, 0.2) is 16.6 Å². The second-order valence-corrected chi connectivity index (χ2v) is 7.35. The molecule has 0 radical (unpaired) electrons. The molecule has 1 fully saturated rings. The number of nitrogens with zero attached hydrogens (tertiary/aromatic N) is 2. The Hall–Kier alpha value is -2.83. The highest BCUT2D eigenvalue weighted by molar-refractivity contribution is 7.80. The SMILES string of the molecule is N#Cc1cc2cc3c(cc2nc1NCCCNC(=S)NC[C@H]1CCCO1)OCO3. The van der Waals surface area contributed by atoms with Crippen LogP contribution in [0.15, 0.2) is 18.2 Å². The van der Waals surface area contributed by atoms with E-state index >= 15 is 0 Å². The normalized spacial score (nSPS) is 17.1. The van der Waals surface area contributed by atoms with Gasteiger partial charge in [-0.25, -0.2) is 4.98 Å². The lowest BCUT2D eigenvalue weighted by Crippen LogP contribution is -2.40. The van der Waals surface area contributed by atoms with E-state index < -0.39 is 0 Å². The van der Waals surface area contributed by atoms with Crippen LogP contribution < -0.4 is 25.4 Å². The Morgan fingerprint density at radius 3 is 2.86 bits per heavy atom. The molecule has 8 nitrogen and oxygen atoms in total. The van der Waals surface area contributed by atoms with Gasteiger partial charge in [0, 0.05) is 37.7 Å². The molecule has 1 aromatic carbocycles. The van der Waals surface area contributed by atoms with Gasteiger partial charge in [0.25, 0.3) is 0 Å². The maximum atomic E-state index is 9.46. The third kappa shape index (κ3) is 4.78. The highest BCUT2D eigenvalue weighted by atomic mass is 32.1. The van der Waals surface area contributed by atoms with Crippen LogP contribution in [0.1, 0.15) is 24.8 Å². The molecule has 0 amide bonds. The minimum absolute atomic E-state index is 0.208. The largest absolute Gasteiger partial charge is 0.454 e. The molecule has 1 atom stereocenters. The molecule has 2 aliphatic heterocycles. The maximum absolute atomic E-state index is 9.46. The molecule has 9 heteroatoms. The van der Waals surface area contributed by atoms with E-state index in [1.165, 1.54) is 0 Å². The minimum Gasteiger partial charge on any atom is -0.454 e. The molecule has 4 rings (SSSR count). The van der Waals surface area contributed by atoms with E-state index in [2.05, 4.69) is 27.0 Å². The molecule has 0 saturated carbocycles. The van der Waals surface area contributed by atoms with Crippen molar-refractivity contribution in [3.8, 4) is 17.6 Å². The third-order valence-corrected chi connectivity index (χ3v) is 5.16. The zero-order valence-electron chi connectivity index (χ0n) is 16.0. The van der Waals surface area contributed by atoms with Gasteiger partial charge in [-0.2, -0.15) is 5.26 Å². The first-order valence-electron chi connectivity index (χ1n) is 9.74.